The highest BCUT2D eigenvalue weighted by Crippen LogP contribution is 2.32. The Morgan fingerprint density at radius 2 is 1.89 bits per heavy atom. The zero-order valence-corrected chi connectivity index (χ0v) is 14.8. The number of halogens is 5. The first-order chi connectivity index (χ1) is 12.6. The van der Waals surface area contributed by atoms with Gasteiger partial charge in [0, 0.05) is 31.4 Å². The Morgan fingerprint density at radius 3 is 2.44 bits per heavy atom. The van der Waals surface area contributed by atoms with E-state index in [1.165, 1.54) is 6.07 Å². The largest absolute Gasteiger partial charge is 0.417 e. The van der Waals surface area contributed by atoms with E-state index in [0.717, 1.165) is 18.2 Å². The molecule has 1 aromatic carbocycles. The van der Waals surface area contributed by atoms with Gasteiger partial charge in [0.2, 0.25) is 0 Å². The molecule has 0 radical (unpaired) electrons. The molecule has 1 amide bonds. The van der Waals surface area contributed by atoms with Gasteiger partial charge in [0.15, 0.2) is 0 Å². The maximum atomic E-state index is 12.5. The summed E-state index contributed by atoms with van der Waals surface area (Å²) in [6, 6.07) is 4.16. The van der Waals surface area contributed by atoms with Gasteiger partial charge in [-0.25, -0.2) is 4.98 Å². The molecule has 2 N–H and O–H groups in total. The van der Waals surface area contributed by atoms with E-state index in [1.807, 2.05) is 0 Å². The molecule has 0 aliphatic rings. The number of non-ortho nitro benzene ring substituents is 1. The Kier molecular flexibility index (Phi) is 6.45. The van der Waals surface area contributed by atoms with Crippen LogP contribution in [0.3, 0.4) is 0 Å². The average Bonchev–Trinajstić information content (AvgIpc) is 2.58. The third kappa shape index (κ3) is 5.44. The zero-order valence-electron chi connectivity index (χ0n) is 13.3. The van der Waals surface area contributed by atoms with Crippen LogP contribution >= 0.6 is 23.2 Å². The van der Waals surface area contributed by atoms with E-state index in [0.29, 0.717) is 6.20 Å². The molecule has 2 aromatic rings. The predicted octanol–water partition coefficient (Wildman–Crippen LogP) is 4.16. The summed E-state index contributed by atoms with van der Waals surface area (Å²) >= 11 is 11.6. The molecule has 0 aliphatic carbocycles. The number of anilines is 1. The van der Waals surface area contributed by atoms with Crippen molar-refractivity contribution in [2.24, 2.45) is 0 Å². The summed E-state index contributed by atoms with van der Waals surface area (Å²) in [6.07, 6.45) is -3.91. The number of nitrogens with zero attached hydrogens (tertiary/aromatic N) is 2. The van der Waals surface area contributed by atoms with Gasteiger partial charge in [-0.1, -0.05) is 23.2 Å². The van der Waals surface area contributed by atoms with Crippen molar-refractivity contribution in [3.8, 4) is 0 Å². The molecule has 12 heteroatoms. The van der Waals surface area contributed by atoms with Crippen LogP contribution in [0.5, 0.6) is 0 Å². The predicted molar refractivity (Wildman–Crippen MR) is 93.2 cm³/mol. The quantitative estimate of drug-likeness (QED) is 0.413. The molecular weight excluding hydrogens is 412 g/mol. The van der Waals surface area contributed by atoms with Crippen molar-refractivity contribution in [3.63, 3.8) is 0 Å². The summed E-state index contributed by atoms with van der Waals surface area (Å²) in [5.41, 5.74) is -1.17. The third-order valence-electron chi connectivity index (χ3n) is 3.28. The lowest BCUT2D eigenvalue weighted by molar-refractivity contribution is -0.384. The van der Waals surface area contributed by atoms with E-state index >= 15 is 0 Å². The van der Waals surface area contributed by atoms with Gasteiger partial charge in [-0.2, -0.15) is 13.2 Å². The summed E-state index contributed by atoms with van der Waals surface area (Å²) in [5.74, 6) is -0.532. The number of amides is 1. The third-order valence-corrected chi connectivity index (χ3v) is 3.88. The van der Waals surface area contributed by atoms with Gasteiger partial charge in [0.1, 0.15) is 5.82 Å². The van der Waals surface area contributed by atoms with E-state index in [4.69, 9.17) is 23.2 Å². The van der Waals surface area contributed by atoms with Crippen molar-refractivity contribution in [2.45, 2.75) is 6.18 Å². The molecular formula is C15H11Cl2F3N4O3. The lowest BCUT2D eigenvalue weighted by atomic mass is 10.2. The molecule has 0 atom stereocenters. The van der Waals surface area contributed by atoms with Crippen LogP contribution in [0.2, 0.25) is 10.0 Å². The fourth-order valence-corrected chi connectivity index (χ4v) is 2.47. The minimum Gasteiger partial charge on any atom is -0.367 e. The fraction of sp³-hybridized carbons (Fsp3) is 0.200. The van der Waals surface area contributed by atoms with Crippen molar-refractivity contribution in [3.05, 3.63) is 61.7 Å². The van der Waals surface area contributed by atoms with Gasteiger partial charge in [0.05, 0.1) is 26.1 Å². The van der Waals surface area contributed by atoms with Gasteiger partial charge in [-0.05, 0) is 12.1 Å². The molecule has 0 saturated heterocycles. The van der Waals surface area contributed by atoms with Crippen molar-refractivity contribution < 1.29 is 22.9 Å². The van der Waals surface area contributed by atoms with E-state index in [-0.39, 0.29) is 40.2 Å². The van der Waals surface area contributed by atoms with Crippen LogP contribution in [0.1, 0.15) is 15.9 Å². The van der Waals surface area contributed by atoms with Crippen LogP contribution in [0.15, 0.2) is 30.5 Å². The molecule has 0 spiro atoms. The normalized spacial score (nSPS) is 11.1. The van der Waals surface area contributed by atoms with Crippen molar-refractivity contribution >= 4 is 40.6 Å². The van der Waals surface area contributed by atoms with Crippen LogP contribution in [0.4, 0.5) is 24.7 Å². The maximum absolute atomic E-state index is 12.5. The first-order valence-electron chi connectivity index (χ1n) is 7.28. The summed E-state index contributed by atoms with van der Waals surface area (Å²) in [4.78, 5) is 25.6. The Labute approximate surface area is 160 Å². The summed E-state index contributed by atoms with van der Waals surface area (Å²) in [5, 5.41) is 15.5. The highest BCUT2D eigenvalue weighted by atomic mass is 35.5. The Balaban J connectivity index is 1.90. The number of alkyl halides is 3. The summed E-state index contributed by atoms with van der Waals surface area (Å²) in [7, 11) is 0. The zero-order chi connectivity index (χ0) is 20.2. The molecule has 1 aromatic heterocycles. The van der Waals surface area contributed by atoms with Gasteiger partial charge in [-0.3, -0.25) is 14.9 Å². The number of hydrogen-bond donors (Lipinski definition) is 2. The van der Waals surface area contributed by atoms with Crippen LogP contribution < -0.4 is 10.6 Å². The van der Waals surface area contributed by atoms with Gasteiger partial charge < -0.3 is 10.6 Å². The number of pyridine rings is 1. The highest BCUT2D eigenvalue weighted by molar-refractivity contribution is 6.34. The number of aromatic nitrogens is 1. The lowest BCUT2D eigenvalue weighted by Gasteiger charge is -2.11. The van der Waals surface area contributed by atoms with Crippen LogP contribution in [-0.4, -0.2) is 28.9 Å². The Hall–Kier alpha value is -2.59. The number of nitro benzene ring substituents is 1. The monoisotopic (exact) mass is 422 g/mol. The van der Waals surface area contributed by atoms with Crippen LogP contribution in [0, 0.1) is 10.1 Å². The van der Waals surface area contributed by atoms with Crippen molar-refractivity contribution in [1.82, 2.24) is 10.3 Å². The number of benzene rings is 1. The Bertz CT molecular complexity index is 878. The molecule has 1 heterocycles. The van der Waals surface area contributed by atoms with E-state index in [1.54, 1.807) is 0 Å². The SMILES string of the molecule is O=C(NCCNc1ncc(C(F)(F)F)cc1Cl)c1ccc([N+](=O)[O-])cc1Cl. The number of rotatable bonds is 6. The number of nitrogens with one attached hydrogen (secondary N) is 2. The first-order valence-corrected chi connectivity index (χ1v) is 8.04. The average molecular weight is 423 g/mol. The molecule has 0 fully saturated rings. The number of nitro groups is 1. The second-order valence-electron chi connectivity index (χ2n) is 5.16. The highest BCUT2D eigenvalue weighted by Gasteiger charge is 2.31. The van der Waals surface area contributed by atoms with E-state index in [9.17, 15) is 28.1 Å². The molecule has 144 valence electrons. The molecule has 0 saturated carbocycles. The molecule has 7 nitrogen and oxygen atoms in total. The molecule has 0 aliphatic heterocycles. The van der Waals surface area contributed by atoms with Gasteiger partial charge in [0.25, 0.3) is 11.6 Å². The molecule has 27 heavy (non-hydrogen) atoms. The van der Waals surface area contributed by atoms with Crippen molar-refractivity contribution in [2.75, 3.05) is 18.4 Å². The summed E-state index contributed by atoms with van der Waals surface area (Å²) < 4.78 is 37.6. The van der Waals surface area contributed by atoms with E-state index in [2.05, 4.69) is 15.6 Å². The topological polar surface area (TPSA) is 97.2 Å². The second kappa shape index (κ2) is 8.40. The minimum atomic E-state index is -4.55. The molecule has 0 bridgehead atoms. The van der Waals surface area contributed by atoms with E-state index < -0.39 is 22.6 Å². The fourth-order valence-electron chi connectivity index (χ4n) is 1.98. The smallest absolute Gasteiger partial charge is 0.367 e. The molecule has 2 rings (SSSR count). The minimum absolute atomic E-state index is 0.0345. The first kappa shape index (κ1) is 20.7. The second-order valence-corrected chi connectivity index (χ2v) is 5.97. The summed E-state index contributed by atoms with van der Waals surface area (Å²) in [6.45, 7) is 0.194. The van der Waals surface area contributed by atoms with Gasteiger partial charge in [-0.15, -0.1) is 0 Å². The van der Waals surface area contributed by atoms with Crippen molar-refractivity contribution in [1.29, 1.82) is 0 Å². The number of carbonyl (C=O) groups is 1. The Morgan fingerprint density at radius 1 is 1.19 bits per heavy atom. The lowest BCUT2D eigenvalue weighted by Crippen LogP contribution is -2.29. The molecule has 0 unspecified atom stereocenters. The number of hydrogen-bond acceptors (Lipinski definition) is 5. The van der Waals surface area contributed by atoms with Crippen LogP contribution in [-0.2, 0) is 6.18 Å². The maximum Gasteiger partial charge on any atom is 0.417 e. The standard InChI is InChI=1S/C15H11Cl2F3N4O3/c16-11-6-9(24(26)27)1-2-10(11)14(25)22-4-3-21-13-12(17)5-8(7-23-13)15(18,19)20/h1-2,5-7H,3-4H2,(H,21,23)(H,22,25). The van der Waals surface area contributed by atoms with Gasteiger partial charge >= 0.3 is 6.18 Å². The van der Waals surface area contributed by atoms with Crippen LogP contribution in [0.25, 0.3) is 0 Å². The number of carbonyl (C=O) groups excluding carboxylic acids is 1.